The van der Waals surface area contributed by atoms with Gasteiger partial charge in [0.1, 0.15) is 0 Å². The molecule has 1 unspecified atom stereocenters. The van der Waals surface area contributed by atoms with Gasteiger partial charge < -0.3 is 10.4 Å². The molecular weight excluding hydrogens is 210 g/mol. The van der Waals surface area contributed by atoms with Crippen LogP contribution < -0.4 is 5.32 Å². The number of hydrogen-bond acceptors (Lipinski definition) is 2. The largest absolute Gasteiger partial charge is 0.396 e. The van der Waals surface area contributed by atoms with Gasteiger partial charge in [-0.05, 0) is 26.2 Å². The van der Waals surface area contributed by atoms with E-state index in [2.05, 4.69) is 33.0 Å². The molecule has 2 heteroatoms. The second-order valence-corrected chi connectivity index (χ2v) is 5.50. The van der Waals surface area contributed by atoms with Gasteiger partial charge in [0, 0.05) is 24.6 Å². The van der Waals surface area contributed by atoms with Crippen LogP contribution in [-0.2, 0) is 0 Å². The van der Waals surface area contributed by atoms with Crippen molar-refractivity contribution in [3.05, 3.63) is 0 Å². The Morgan fingerprint density at radius 3 is 2.18 bits per heavy atom. The maximum absolute atomic E-state index is 9.50. The lowest BCUT2D eigenvalue weighted by atomic mass is 9.83. The predicted molar refractivity (Wildman–Crippen MR) is 76.3 cm³/mol. The van der Waals surface area contributed by atoms with E-state index in [1.165, 1.54) is 32.1 Å². The molecule has 0 aliphatic carbocycles. The average molecular weight is 243 g/mol. The SMILES string of the molecule is CCCCCCC(C)NCC(CC)(CC)CO. The van der Waals surface area contributed by atoms with Gasteiger partial charge in [0.05, 0.1) is 0 Å². The fraction of sp³-hybridized carbons (Fsp3) is 1.00. The van der Waals surface area contributed by atoms with Crippen molar-refractivity contribution in [3.63, 3.8) is 0 Å². The van der Waals surface area contributed by atoms with E-state index in [-0.39, 0.29) is 5.41 Å². The summed E-state index contributed by atoms with van der Waals surface area (Å²) in [4.78, 5) is 0. The van der Waals surface area contributed by atoms with Crippen molar-refractivity contribution < 1.29 is 5.11 Å². The zero-order valence-electron chi connectivity index (χ0n) is 12.4. The third kappa shape index (κ3) is 7.05. The molecule has 17 heavy (non-hydrogen) atoms. The first kappa shape index (κ1) is 16.9. The van der Waals surface area contributed by atoms with Crippen LogP contribution in [-0.4, -0.2) is 24.3 Å². The van der Waals surface area contributed by atoms with E-state index < -0.39 is 0 Å². The second-order valence-electron chi connectivity index (χ2n) is 5.50. The average Bonchev–Trinajstić information content (AvgIpc) is 2.37. The smallest absolute Gasteiger partial charge is 0.0499 e. The summed E-state index contributed by atoms with van der Waals surface area (Å²) in [6.07, 6.45) is 8.71. The topological polar surface area (TPSA) is 32.3 Å². The predicted octanol–water partition coefficient (Wildman–Crippen LogP) is 3.73. The molecule has 1 atom stereocenters. The highest BCUT2D eigenvalue weighted by atomic mass is 16.3. The first-order valence-electron chi connectivity index (χ1n) is 7.48. The molecule has 2 nitrogen and oxygen atoms in total. The van der Waals surface area contributed by atoms with Gasteiger partial charge in [0.15, 0.2) is 0 Å². The second kappa shape index (κ2) is 9.90. The number of nitrogens with one attached hydrogen (secondary N) is 1. The molecule has 0 saturated heterocycles. The third-order valence-electron chi connectivity index (χ3n) is 4.15. The maximum atomic E-state index is 9.50. The van der Waals surface area contributed by atoms with Crippen molar-refractivity contribution in [2.24, 2.45) is 5.41 Å². The Labute approximate surface area is 108 Å². The summed E-state index contributed by atoms with van der Waals surface area (Å²) < 4.78 is 0. The lowest BCUT2D eigenvalue weighted by Crippen LogP contribution is -2.40. The van der Waals surface area contributed by atoms with E-state index in [1.807, 2.05) is 0 Å². The van der Waals surface area contributed by atoms with E-state index >= 15 is 0 Å². The highest BCUT2D eigenvalue weighted by molar-refractivity contribution is 4.79. The highest BCUT2D eigenvalue weighted by Gasteiger charge is 2.25. The quantitative estimate of drug-likeness (QED) is 0.542. The number of aliphatic hydroxyl groups is 1. The van der Waals surface area contributed by atoms with Crippen LogP contribution in [0.5, 0.6) is 0 Å². The summed E-state index contributed by atoms with van der Waals surface area (Å²) in [5, 5.41) is 13.1. The highest BCUT2D eigenvalue weighted by Crippen LogP contribution is 2.24. The normalized spacial score (nSPS) is 13.9. The van der Waals surface area contributed by atoms with Crippen LogP contribution in [0.3, 0.4) is 0 Å². The van der Waals surface area contributed by atoms with E-state index in [1.54, 1.807) is 0 Å². The molecule has 2 N–H and O–H groups in total. The Balaban J connectivity index is 3.76. The molecule has 0 aromatic carbocycles. The summed E-state index contributed by atoms with van der Waals surface area (Å²) in [6, 6.07) is 0.580. The van der Waals surface area contributed by atoms with Gasteiger partial charge in [0.25, 0.3) is 0 Å². The van der Waals surface area contributed by atoms with Gasteiger partial charge in [-0.25, -0.2) is 0 Å². The number of rotatable bonds is 11. The Morgan fingerprint density at radius 1 is 1.06 bits per heavy atom. The fourth-order valence-corrected chi connectivity index (χ4v) is 2.15. The van der Waals surface area contributed by atoms with Gasteiger partial charge >= 0.3 is 0 Å². The minimum Gasteiger partial charge on any atom is -0.396 e. The molecule has 0 heterocycles. The summed E-state index contributed by atoms with van der Waals surface area (Å²) in [7, 11) is 0. The molecule has 0 saturated carbocycles. The Hall–Kier alpha value is -0.0800. The van der Waals surface area contributed by atoms with E-state index in [4.69, 9.17) is 0 Å². The molecule has 0 rings (SSSR count). The van der Waals surface area contributed by atoms with Crippen LogP contribution in [0.4, 0.5) is 0 Å². The lowest BCUT2D eigenvalue weighted by molar-refractivity contribution is 0.110. The zero-order chi connectivity index (χ0) is 13.1. The van der Waals surface area contributed by atoms with Gasteiger partial charge in [-0.15, -0.1) is 0 Å². The molecule has 0 aromatic heterocycles. The molecule has 0 fully saturated rings. The summed E-state index contributed by atoms with van der Waals surface area (Å²) in [6.45, 7) is 10.1. The van der Waals surface area contributed by atoms with Gasteiger partial charge in [-0.1, -0.05) is 46.5 Å². The van der Waals surface area contributed by atoms with Crippen molar-refractivity contribution in [3.8, 4) is 0 Å². The van der Waals surface area contributed by atoms with Crippen molar-refractivity contribution in [2.45, 2.75) is 78.7 Å². The van der Waals surface area contributed by atoms with Crippen LogP contribution in [0.2, 0.25) is 0 Å². The molecule has 0 bridgehead atoms. The van der Waals surface area contributed by atoms with E-state index in [9.17, 15) is 5.11 Å². The first-order valence-corrected chi connectivity index (χ1v) is 7.48. The Kier molecular flexibility index (Phi) is 9.85. The van der Waals surface area contributed by atoms with Crippen LogP contribution in [0.15, 0.2) is 0 Å². The fourth-order valence-electron chi connectivity index (χ4n) is 2.15. The van der Waals surface area contributed by atoms with Crippen LogP contribution in [0.1, 0.15) is 72.6 Å². The number of aliphatic hydroxyl groups excluding tert-OH is 1. The third-order valence-corrected chi connectivity index (χ3v) is 4.15. The monoisotopic (exact) mass is 243 g/mol. The standard InChI is InChI=1S/C15H33NO/c1-5-8-9-10-11-14(4)16-12-15(6-2,7-3)13-17/h14,16-17H,5-13H2,1-4H3. The lowest BCUT2D eigenvalue weighted by Gasteiger charge is -2.31. The van der Waals surface area contributed by atoms with Crippen molar-refractivity contribution in [1.82, 2.24) is 5.32 Å². The number of unbranched alkanes of at least 4 members (excludes halogenated alkanes) is 3. The minimum absolute atomic E-state index is 0.0949. The van der Waals surface area contributed by atoms with Gasteiger partial charge in [-0.3, -0.25) is 0 Å². The molecule has 0 aliphatic heterocycles. The van der Waals surface area contributed by atoms with Crippen molar-refractivity contribution in [2.75, 3.05) is 13.2 Å². The molecule has 0 aromatic rings. The molecule has 104 valence electrons. The van der Waals surface area contributed by atoms with Gasteiger partial charge in [0.2, 0.25) is 0 Å². The molecule has 0 aliphatic rings. The van der Waals surface area contributed by atoms with Gasteiger partial charge in [-0.2, -0.15) is 0 Å². The van der Waals surface area contributed by atoms with Crippen LogP contribution in [0.25, 0.3) is 0 Å². The summed E-state index contributed by atoms with van der Waals surface area (Å²) >= 11 is 0. The number of hydrogen-bond donors (Lipinski definition) is 2. The van der Waals surface area contributed by atoms with Crippen molar-refractivity contribution >= 4 is 0 Å². The molecule has 0 spiro atoms. The first-order chi connectivity index (χ1) is 8.14. The van der Waals surface area contributed by atoms with E-state index in [0.717, 1.165) is 19.4 Å². The Bertz CT molecular complexity index is 158. The van der Waals surface area contributed by atoms with E-state index in [0.29, 0.717) is 12.6 Å². The molecular formula is C15H33NO. The Morgan fingerprint density at radius 2 is 1.71 bits per heavy atom. The van der Waals surface area contributed by atoms with Crippen LogP contribution in [0, 0.1) is 5.41 Å². The summed E-state index contributed by atoms with van der Waals surface area (Å²) in [5.74, 6) is 0. The summed E-state index contributed by atoms with van der Waals surface area (Å²) in [5.41, 5.74) is 0.0949. The van der Waals surface area contributed by atoms with Crippen molar-refractivity contribution in [1.29, 1.82) is 0 Å². The molecule has 0 radical (unpaired) electrons. The zero-order valence-corrected chi connectivity index (χ0v) is 12.4. The minimum atomic E-state index is 0.0949. The van der Waals surface area contributed by atoms with Crippen LogP contribution >= 0.6 is 0 Å². The maximum Gasteiger partial charge on any atom is 0.0499 e. The molecule has 0 amide bonds.